The fourth-order valence-electron chi connectivity index (χ4n) is 3.14. The van der Waals surface area contributed by atoms with Crippen LogP contribution in [0.2, 0.25) is 5.02 Å². The number of amides is 2. The fraction of sp³-hybridized carbons (Fsp3) is 0.348. The number of benzene rings is 2. The van der Waals surface area contributed by atoms with Crippen molar-refractivity contribution in [3.8, 4) is 0 Å². The minimum Gasteiger partial charge on any atom is -0.469 e. The molecular formula is C23H27ClN2O4. The van der Waals surface area contributed by atoms with Crippen LogP contribution in [0.1, 0.15) is 42.2 Å². The molecule has 0 radical (unpaired) electrons. The Morgan fingerprint density at radius 2 is 1.70 bits per heavy atom. The summed E-state index contributed by atoms with van der Waals surface area (Å²) in [7, 11) is 1.33. The van der Waals surface area contributed by atoms with Crippen LogP contribution in [-0.2, 0) is 14.3 Å². The normalized spacial score (nSPS) is 12.5. The number of nitrogens with zero attached hydrogens (tertiary/aromatic N) is 1. The van der Waals surface area contributed by atoms with Crippen LogP contribution in [0.25, 0.3) is 0 Å². The Balaban J connectivity index is 2.19. The summed E-state index contributed by atoms with van der Waals surface area (Å²) in [6, 6.07) is 15.5. The van der Waals surface area contributed by atoms with Crippen LogP contribution in [0.3, 0.4) is 0 Å². The van der Waals surface area contributed by atoms with Crippen molar-refractivity contribution in [2.75, 3.05) is 20.2 Å². The van der Waals surface area contributed by atoms with Gasteiger partial charge in [-0.3, -0.25) is 14.4 Å². The van der Waals surface area contributed by atoms with E-state index in [1.807, 2.05) is 37.3 Å². The summed E-state index contributed by atoms with van der Waals surface area (Å²) in [4.78, 5) is 39.1. The summed E-state index contributed by atoms with van der Waals surface area (Å²) in [5.74, 6) is -1.32. The van der Waals surface area contributed by atoms with Crippen molar-refractivity contribution < 1.29 is 19.1 Å². The maximum atomic E-state index is 13.0. The third kappa shape index (κ3) is 6.32. The van der Waals surface area contributed by atoms with E-state index in [1.54, 1.807) is 36.1 Å². The number of hydrogen-bond donors (Lipinski definition) is 1. The molecule has 0 aliphatic carbocycles. The molecule has 0 aliphatic rings. The topological polar surface area (TPSA) is 75.7 Å². The molecule has 2 atom stereocenters. The zero-order valence-electron chi connectivity index (χ0n) is 17.4. The SMILES string of the molecule is CCN(CC(C)C(=O)OC)C(=O)CC(NC(=O)c1ccccc1Cl)c1ccccc1. The molecule has 0 spiro atoms. The predicted octanol–water partition coefficient (Wildman–Crippen LogP) is 3.86. The summed E-state index contributed by atoms with van der Waals surface area (Å²) in [6.45, 7) is 4.26. The Hall–Kier alpha value is -2.86. The standard InChI is InChI=1S/C23H27ClN2O4/c1-4-26(15-16(2)23(29)30-3)21(27)14-20(17-10-6-5-7-11-17)25-22(28)18-12-8-9-13-19(18)24/h5-13,16,20H,4,14-15H2,1-3H3,(H,25,28). The van der Waals surface area contributed by atoms with Crippen LogP contribution >= 0.6 is 11.6 Å². The lowest BCUT2D eigenvalue weighted by Gasteiger charge is -2.26. The molecule has 2 aromatic rings. The molecule has 2 aromatic carbocycles. The maximum Gasteiger partial charge on any atom is 0.310 e. The van der Waals surface area contributed by atoms with Crippen LogP contribution in [0, 0.1) is 5.92 Å². The molecule has 7 heteroatoms. The van der Waals surface area contributed by atoms with E-state index in [-0.39, 0.29) is 30.7 Å². The van der Waals surface area contributed by atoms with Gasteiger partial charge in [0.25, 0.3) is 5.91 Å². The Labute approximate surface area is 182 Å². The fourth-order valence-corrected chi connectivity index (χ4v) is 3.36. The zero-order chi connectivity index (χ0) is 22.1. The van der Waals surface area contributed by atoms with Crippen LogP contribution < -0.4 is 5.32 Å². The molecule has 1 N–H and O–H groups in total. The van der Waals surface area contributed by atoms with Crippen molar-refractivity contribution in [2.45, 2.75) is 26.3 Å². The van der Waals surface area contributed by atoms with E-state index in [9.17, 15) is 14.4 Å². The predicted molar refractivity (Wildman–Crippen MR) is 116 cm³/mol. The molecule has 0 heterocycles. The maximum absolute atomic E-state index is 13.0. The monoisotopic (exact) mass is 430 g/mol. The van der Waals surface area contributed by atoms with E-state index in [0.29, 0.717) is 17.1 Å². The molecule has 30 heavy (non-hydrogen) atoms. The van der Waals surface area contributed by atoms with Crippen LogP contribution in [-0.4, -0.2) is 42.9 Å². The van der Waals surface area contributed by atoms with Crippen LogP contribution in [0.4, 0.5) is 0 Å². The molecule has 0 saturated carbocycles. The number of esters is 1. The second-order valence-electron chi connectivity index (χ2n) is 6.98. The number of rotatable bonds is 9. The third-order valence-electron chi connectivity index (χ3n) is 4.84. The van der Waals surface area contributed by atoms with E-state index in [1.165, 1.54) is 7.11 Å². The summed E-state index contributed by atoms with van der Waals surface area (Å²) >= 11 is 6.15. The van der Waals surface area contributed by atoms with Crippen LogP contribution in [0.5, 0.6) is 0 Å². The van der Waals surface area contributed by atoms with Crippen LogP contribution in [0.15, 0.2) is 54.6 Å². The molecule has 0 saturated heterocycles. The third-order valence-corrected chi connectivity index (χ3v) is 5.17. The highest BCUT2D eigenvalue weighted by molar-refractivity contribution is 6.33. The zero-order valence-corrected chi connectivity index (χ0v) is 18.2. The number of ether oxygens (including phenoxy) is 1. The lowest BCUT2D eigenvalue weighted by Crippen LogP contribution is -2.40. The Kier molecular flexibility index (Phi) is 8.87. The molecule has 160 valence electrons. The second kappa shape index (κ2) is 11.4. The highest BCUT2D eigenvalue weighted by Crippen LogP contribution is 2.21. The van der Waals surface area contributed by atoms with E-state index < -0.39 is 12.0 Å². The first-order valence-corrected chi connectivity index (χ1v) is 10.2. The summed E-state index contributed by atoms with van der Waals surface area (Å²) in [5.41, 5.74) is 1.16. The van der Waals surface area contributed by atoms with Crippen molar-refractivity contribution in [1.29, 1.82) is 0 Å². The molecule has 2 amide bonds. The molecule has 0 bridgehead atoms. The van der Waals surface area contributed by atoms with Gasteiger partial charge in [-0.15, -0.1) is 0 Å². The van der Waals surface area contributed by atoms with E-state index in [0.717, 1.165) is 5.56 Å². The number of nitrogens with one attached hydrogen (secondary N) is 1. The molecule has 2 unspecified atom stereocenters. The van der Waals surface area contributed by atoms with E-state index in [2.05, 4.69) is 5.32 Å². The summed E-state index contributed by atoms with van der Waals surface area (Å²) in [5, 5.41) is 3.27. The summed E-state index contributed by atoms with van der Waals surface area (Å²) < 4.78 is 4.75. The number of carbonyl (C=O) groups excluding carboxylic acids is 3. The molecule has 0 aromatic heterocycles. The highest BCUT2D eigenvalue weighted by atomic mass is 35.5. The van der Waals surface area contributed by atoms with Crippen molar-refractivity contribution in [3.63, 3.8) is 0 Å². The second-order valence-corrected chi connectivity index (χ2v) is 7.38. The van der Waals surface area contributed by atoms with Gasteiger partial charge in [-0.2, -0.15) is 0 Å². The Bertz CT molecular complexity index is 873. The van der Waals surface area contributed by atoms with Gasteiger partial charge >= 0.3 is 5.97 Å². The van der Waals surface area contributed by atoms with E-state index >= 15 is 0 Å². The minimum atomic E-state index is -0.537. The number of methoxy groups -OCH3 is 1. The average Bonchev–Trinajstić information content (AvgIpc) is 2.76. The summed E-state index contributed by atoms with van der Waals surface area (Å²) in [6.07, 6.45) is 0.0575. The van der Waals surface area contributed by atoms with Gasteiger partial charge in [0.1, 0.15) is 0 Å². The van der Waals surface area contributed by atoms with E-state index in [4.69, 9.17) is 16.3 Å². The molecule has 0 aliphatic heterocycles. The molecular weight excluding hydrogens is 404 g/mol. The van der Waals surface area contributed by atoms with Crippen molar-refractivity contribution in [1.82, 2.24) is 10.2 Å². The first kappa shape index (κ1) is 23.4. The largest absolute Gasteiger partial charge is 0.469 e. The number of hydrogen-bond acceptors (Lipinski definition) is 4. The number of carbonyl (C=O) groups is 3. The highest BCUT2D eigenvalue weighted by Gasteiger charge is 2.25. The van der Waals surface area contributed by atoms with Gasteiger partial charge in [0, 0.05) is 13.1 Å². The molecule has 6 nitrogen and oxygen atoms in total. The lowest BCUT2D eigenvalue weighted by molar-refractivity contribution is -0.146. The Morgan fingerprint density at radius 1 is 1.07 bits per heavy atom. The van der Waals surface area contributed by atoms with Crippen molar-refractivity contribution in [2.24, 2.45) is 5.92 Å². The quantitative estimate of drug-likeness (QED) is 0.613. The smallest absolute Gasteiger partial charge is 0.310 e. The Morgan fingerprint density at radius 3 is 2.30 bits per heavy atom. The minimum absolute atomic E-state index is 0.0575. The average molecular weight is 431 g/mol. The molecule has 0 fully saturated rings. The van der Waals surface area contributed by atoms with Gasteiger partial charge in [0.2, 0.25) is 5.91 Å². The van der Waals surface area contributed by atoms with Gasteiger partial charge in [0.05, 0.1) is 36.1 Å². The lowest BCUT2D eigenvalue weighted by atomic mass is 10.0. The number of halogens is 1. The van der Waals surface area contributed by atoms with Gasteiger partial charge in [0.15, 0.2) is 0 Å². The first-order chi connectivity index (χ1) is 14.4. The van der Waals surface area contributed by atoms with Crippen molar-refractivity contribution in [3.05, 3.63) is 70.7 Å². The van der Waals surface area contributed by atoms with Gasteiger partial charge < -0.3 is 15.0 Å². The van der Waals surface area contributed by atoms with Gasteiger partial charge in [-0.25, -0.2) is 0 Å². The van der Waals surface area contributed by atoms with Gasteiger partial charge in [-0.1, -0.05) is 61.0 Å². The van der Waals surface area contributed by atoms with Gasteiger partial charge in [-0.05, 0) is 24.6 Å². The van der Waals surface area contributed by atoms with Crippen molar-refractivity contribution >= 4 is 29.4 Å². The molecule has 2 rings (SSSR count). The first-order valence-electron chi connectivity index (χ1n) is 9.83.